The minimum Gasteiger partial charge on any atom is -0.463 e. The normalized spacial score (nSPS) is 28.7. The molecule has 0 spiro atoms. The molecule has 5 heteroatoms. The minimum absolute atomic E-state index is 0.102. The van der Waals surface area contributed by atoms with E-state index >= 15 is 0 Å². The van der Waals surface area contributed by atoms with Gasteiger partial charge in [-0.05, 0) is 32.1 Å². The zero-order valence-corrected chi connectivity index (χ0v) is 11.7. The van der Waals surface area contributed by atoms with Gasteiger partial charge in [0, 0.05) is 6.08 Å². The molecule has 0 aromatic heterocycles. The molecule has 1 aliphatic carbocycles. The molecule has 2 amide bonds. The van der Waals surface area contributed by atoms with Crippen molar-refractivity contribution in [2.75, 3.05) is 6.61 Å². The van der Waals surface area contributed by atoms with Crippen molar-refractivity contribution >= 4 is 17.8 Å². The zero-order chi connectivity index (χ0) is 14.6. The summed E-state index contributed by atoms with van der Waals surface area (Å²) in [6, 6.07) is 0. The highest BCUT2D eigenvalue weighted by molar-refractivity contribution is 6.07. The molecule has 5 nitrogen and oxygen atoms in total. The summed E-state index contributed by atoms with van der Waals surface area (Å²) in [6.45, 7) is 3.66. The first kappa shape index (κ1) is 14.8. The Balaban J connectivity index is 1.86. The average Bonchev–Trinajstić information content (AvgIpc) is 2.70. The molecule has 0 aromatic rings. The molecule has 1 saturated carbocycles. The molecule has 2 rings (SSSR count). The third kappa shape index (κ3) is 2.76. The van der Waals surface area contributed by atoms with E-state index < -0.39 is 11.4 Å². The van der Waals surface area contributed by atoms with Crippen LogP contribution in [0.4, 0.5) is 0 Å². The highest BCUT2D eigenvalue weighted by Crippen LogP contribution is 2.48. The smallest absolute Gasteiger partial charge is 0.330 e. The summed E-state index contributed by atoms with van der Waals surface area (Å²) in [4.78, 5) is 34.9. The molecule has 0 radical (unpaired) electrons. The summed E-state index contributed by atoms with van der Waals surface area (Å²) in [6.07, 6.45) is 6.94. The number of hydrogen-bond acceptors (Lipinski definition) is 4. The van der Waals surface area contributed by atoms with Crippen LogP contribution < -0.4 is 5.32 Å². The van der Waals surface area contributed by atoms with E-state index in [1.807, 2.05) is 0 Å². The Morgan fingerprint density at radius 3 is 2.95 bits per heavy atom. The quantitative estimate of drug-likeness (QED) is 0.348. The first-order chi connectivity index (χ1) is 9.60. The first-order valence-electron chi connectivity index (χ1n) is 7.24. The SMILES string of the molecule is C=CC(=O)OCCCCC12CCCCC1C(=O)NC2=O. The van der Waals surface area contributed by atoms with Crippen molar-refractivity contribution in [3.05, 3.63) is 12.7 Å². The van der Waals surface area contributed by atoms with E-state index in [9.17, 15) is 14.4 Å². The van der Waals surface area contributed by atoms with Crippen LogP contribution >= 0.6 is 0 Å². The van der Waals surface area contributed by atoms with Gasteiger partial charge in [-0.25, -0.2) is 4.79 Å². The number of carbonyl (C=O) groups excluding carboxylic acids is 3. The topological polar surface area (TPSA) is 72.5 Å². The molecule has 1 N–H and O–H groups in total. The van der Waals surface area contributed by atoms with E-state index in [0.29, 0.717) is 19.4 Å². The first-order valence-corrected chi connectivity index (χ1v) is 7.24. The van der Waals surface area contributed by atoms with Gasteiger partial charge in [0.25, 0.3) is 0 Å². The average molecular weight is 279 g/mol. The predicted molar refractivity (Wildman–Crippen MR) is 72.5 cm³/mol. The molecule has 1 heterocycles. The Bertz CT molecular complexity index is 432. The van der Waals surface area contributed by atoms with Crippen molar-refractivity contribution in [2.45, 2.75) is 44.9 Å². The molecule has 2 unspecified atom stereocenters. The van der Waals surface area contributed by atoms with Crippen LogP contribution in [0, 0.1) is 11.3 Å². The summed E-state index contributed by atoms with van der Waals surface area (Å²) in [5.41, 5.74) is -0.502. The summed E-state index contributed by atoms with van der Waals surface area (Å²) in [7, 11) is 0. The number of hydrogen-bond donors (Lipinski definition) is 1. The third-order valence-corrected chi connectivity index (χ3v) is 4.47. The number of amides is 2. The van der Waals surface area contributed by atoms with Gasteiger partial charge in [0.1, 0.15) is 0 Å². The van der Waals surface area contributed by atoms with E-state index in [-0.39, 0.29) is 17.7 Å². The van der Waals surface area contributed by atoms with Crippen molar-refractivity contribution in [1.29, 1.82) is 0 Å². The molecule has 1 saturated heterocycles. The number of fused-ring (bicyclic) bond motifs is 1. The van der Waals surface area contributed by atoms with E-state index in [0.717, 1.165) is 38.2 Å². The Morgan fingerprint density at radius 1 is 1.40 bits per heavy atom. The van der Waals surface area contributed by atoms with E-state index in [4.69, 9.17) is 4.74 Å². The number of imide groups is 1. The predicted octanol–water partition coefficient (Wildman–Crippen LogP) is 1.72. The Morgan fingerprint density at radius 2 is 2.20 bits per heavy atom. The maximum Gasteiger partial charge on any atom is 0.330 e. The summed E-state index contributed by atoms with van der Waals surface area (Å²) in [5, 5.41) is 2.49. The lowest BCUT2D eigenvalue weighted by Gasteiger charge is -2.35. The van der Waals surface area contributed by atoms with Gasteiger partial charge in [0.05, 0.1) is 17.9 Å². The largest absolute Gasteiger partial charge is 0.463 e. The Labute approximate surface area is 118 Å². The fourth-order valence-corrected chi connectivity index (χ4v) is 3.40. The highest BCUT2D eigenvalue weighted by atomic mass is 16.5. The van der Waals surface area contributed by atoms with Gasteiger partial charge in [-0.3, -0.25) is 14.9 Å². The summed E-state index contributed by atoms with van der Waals surface area (Å²) in [5.74, 6) is -0.782. The van der Waals surface area contributed by atoms with Crippen LogP contribution in [0.1, 0.15) is 44.9 Å². The van der Waals surface area contributed by atoms with E-state index in [1.165, 1.54) is 0 Å². The van der Waals surface area contributed by atoms with Crippen LogP contribution in [0.5, 0.6) is 0 Å². The lowest BCUT2D eigenvalue weighted by atomic mass is 9.65. The number of unbranched alkanes of at least 4 members (excludes halogenated alkanes) is 1. The Hall–Kier alpha value is -1.65. The van der Waals surface area contributed by atoms with Gasteiger partial charge in [0.2, 0.25) is 11.8 Å². The highest BCUT2D eigenvalue weighted by Gasteiger charge is 2.54. The van der Waals surface area contributed by atoms with Crippen molar-refractivity contribution in [3.63, 3.8) is 0 Å². The number of ether oxygens (including phenoxy) is 1. The van der Waals surface area contributed by atoms with Crippen LogP contribution in [0.3, 0.4) is 0 Å². The van der Waals surface area contributed by atoms with E-state index in [2.05, 4.69) is 11.9 Å². The second-order valence-electron chi connectivity index (χ2n) is 5.60. The molecule has 2 fully saturated rings. The Kier molecular flexibility index (Phi) is 4.57. The molecule has 0 bridgehead atoms. The standard InChI is InChI=1S/C15H21NO4/c1-2-12(17)20-10-6-5-9-15-8-4-3-7-11(15)13(18)16-14(15)19/h2,11H,1,3-10H2,(H,16,18,19). The van der Waals surface area contributed by atoms with Crippen LogP contribution in [0.2, 0.25) is 0 Å². The van der Waals surface area contributed by atoms with Gasteiger partial charge in [-0.2, -0.15) is 0 Å². The summed E-state index contributed by atoms with van der Waals surface area (Å²) < 4.78 is 4.91. The number of carbonyl (C=O) groups is 3. The maximum atomic E-state index is 12.1. The second-order valence-corrected chi connectivity index (χ2v) is 5.60. The molecule has 2 aliphatic rings. The van der Waals surface area contributed by atoms with Gasteiger partial charge in [-0.1, -0.05) is 19.4 Å². The third-order valence-electron chi connectivity index (χ3n) is 4.47. The van der Waals surface area contributed by atoms with Crippen LogP contribution in [-0.2, 0) is 19.1 Å². The number of nitrogens with one attached hydrogen (secondary N) is 1. The fraction of sp³-hybridized carbons (Fsp3) is 0.667. The van der Waals surface area contributed by atoms with Crippen molar-refractivity contribution < 1.29 is 19.1 Å². The van der Waals surface area contributed by atoms with Gasteiger partial charge >= 0.3 is 5.97 Å². The summed E-state index contributed by atoms with van der Waals surface area (Å²) >= 11 is 0. The van der Waals surface area contributed by atoms with Crippen molar-refractivity contribution in [3.8, 4) is 0 Å². The van der Waals surface area contributed by atoms with Crippen molar-refractivity contribution in [2.24, 2.45) is 11.3 Å². The number of esters is 1. The van der Waals surface area contributed by atoms with Gasteiger partial charge < -0.3 is 4.74 Å². The molecule has 0 aromatic carbocycles. The minimum atomic E-state index is -0.502. The molecular formula is C15H21NO4. The maximum absolute atomic E-state index is 12.1. The monoisotopic (exact) mass is 279 g/mol. The van der Waals surface area contributed by atoms with Crippen LogP contribution in [-0.4, -0.2) is 24.4 Å². The van der Waals surface area contributed by atoms with E-state index in [1.54, 1.807) is 0 Å². The molecule has 110 valence electrons. The van der Waals surface area contributed by atoms with Crippen LogP contribution in [0.15, 0.2) is 12.7 Å². The fourth-order valence-electron chi connectivity index (χ4n) is 3.40. The van der Waals surface area contributed by atoms with Gasteiger partial charge in [0.15, 0.2) is 0 Å². The molecular weight excluding hydrogens is 258 g/mol. The second kappa shape index (κ2) is 6.20. The lowest BCUT2D eigenvalue weighted by molar-refractivity contribution is -0.138. The molecule has 2 atom stereocenters. The zero-order valence-electron chi connectivity index (χ0n) is 11.7. The van der Waals surface area contributed by atoms with Crippen molar-refractivity contribution in [1.82, 2.24) is 5.32 Å². The number of rotatable bonds is 6. The molecule has 20 heavy (non-hydrogen) atoms. The van der Waals surface area contributed by atoms with Crippen LogP contribution in [0.25, 0.3) is 0 Å². The lowest BCUT2D eigenvalue weighted by Crippen LogP contribution is -2.37. The van der Waals surface area contributed by atoms with Gasteiger partial charge in [-0.15, -0.1) is 0 Å². The molecule has 1 aliphatic heterocycles.